The zero-order chi connectivity index (χ0) is 52.4. The molecule has 0 bridgehead atoms. The molecule has 72 heavy (non-hydrogen) atoms. The molecule has 2 unspecified atom stereocenters. The van der Waals surface area contributed by atoms with Crippen molar-refractivity contribution in [1.82, 2.24) is 29.9 Å². The van der Waals surface area contributed by atoms with E-state index in [1.807, 2.05) is 0 Å². The van der Waals surface area contributed by atoms with Gasteiger partial charge in [-0.15, -0.1) is 0 Å². The summed E-state index contributed by atoms with van der Waals surface area (Å²) in [5.74, 6) is -0.597. The Morgan fingerprint density at radius 2 is 0.764 bits per heavy atom. The fraction of sp³-hybridized carbons (Fsp3) is 0.111. The number of nitrogens with one attached hydrogen (secondary N) is 4. The van der Waals surface area contributed by atoms with Crippen molar-refractivity contribution in [3.63, 3.8) is 0 Å². The molecule has 6 aromatic rings. The van der Waals surface area contributed by atoms with Crippen LogP contribution in [0.3, 0.4) is 0 Å². The second-order valence-electron chi connectivity index (χ2n) is 13.5. The highest BCUT2D eigenvalue weighted by atomic mass is 35.5. The number of hydrogen-bond acceptors (Lipinski definition) is 24. The maximum atomic E-state index is 12.6. The van der Waals surface area contributed by atoms with Crippen LogP contribution < -0.4 is 21.3 Å². The molecule has 384 valence electrons. The minimum Gasteiger partial charge on any atom is -0.324 e. The van der Waals surface area contributed by atoms with Crippen molar-refractivity contribution in [1.29, 1.82) is 0 Å². The largest absolute Gasteiger partial charge is 0.397 e. The molecular formula is C36H32Cl2N10O18S6. The highest BCUT2D eigenvalue weighted by Gasteiger charge is 2.20. The summed E-state index contributed by atoms with van der Waals surface area (Å²) >= 11 is 8.18. The monoisotopic (exact) mass is 1150 g/mol. The summed E-state index contributed by atoms with van der Waals surface area (Å²) < 4.78 is 173. The van der Waals surface area contributed by atoms with Crippen molar-refractivity contribution in [3.05, 3.63) is 107 Å². The summed E-state index contributed by atoms with van der Waals surface area (Å²) in [5.41, 5.74) is 0.506. The van der Waals surface area contributed by atoms with Gasteiger partial charge in [0.25, 0.3) is 20.2 Å². The van der Waals surface area contributed by atoms with Gasteiger partial charge in [-0.25, -0.2) is 16.8 Å². The number of nitrogens with zero attached hydrogens (tertiary/aromatic N) is 6. The third-order valence-corrected chi connectivity index (χ3v) is 13.5. The standard InChI is InChI=1S/C36H32Cl2N10O18S6/c37-31-43-33(39-23-7-11-27(12-8-23)67(49)63-15-17-65-71(57,58)59)47-35(45-31)41-25-5-3-21(29(19-25)69(51,52)53)1-2-22-4-6-26(20-30(22)70(54,55)56)42-36-46-32(38)44-34(48-36)40-24-9-13-28(14-10-24)68(50)64-16-18-66-72(60,61)62/h1-14,19-20H,15-18H2,(H,51,52,53)(H,54,55,56)(H,57,58,59)(H,60,61,62)(H2,39,41,43,45,47)(H2,40,42,44,46,48)/b2-1+. The average Bonchev–Trinajstić information content (AvgIpc) is 3.28. The molecule has 0 aliphatic carbocycles. The van der Waals surface area contributed by atoms with Gasteiger partial charge in [0.05, 0.1) is 36.2 Å². The maximum absolute atomic E-state index is 12.6. The van der Waals surface area contributed by atoms with Gasteiger partial charge >= 0.3 is 20.8 Å². The first-order valence-corrected chi connectivity index (χ1v) is 27.6. The molecule has 36 heteroatoms. The Kier molecular flexibility index (Phi) is 18.4. The molecule has 0 radical (unpaired) electrons. The lowest BCUT2D eigenvalue weighted by Gasteiger charge is -2.12. The summed E-state index contributed by atoms with van der Waals surface area (Å²) in [7, 11) is -19.3. The van der Waals surface area contributed by atoms with Crippen LogP contribution in [0.25, 0.3) is 12.2 Å². The first-order chi connectivity index (χ1) is 33.8. The van der Waals surface area contributed by atoms with Gasteiger partial charge in [0, 0.05) is 22.7 Å². The van der Waals surface area contributed by atoms with Gasteiger partial charge in [-0.2, -0.15) is 63.6 Å². The molecule has 8 N–H and O–H groups in total. The first kappa shape index (κ1) is 55.5. The van der Waals surface area contributed by atoms with Crippen molar-refractivity contribution < 1.29 is 77.0 Å². The van der Waals surface area contributed by atoms with E-state index in [9.17, 15) is 51.2 Å². The van der Waals surface area contributed by atoms with Gasteiger partial charge in [-0.3, -0.25) is 26.6 Å². The lowest BCUT2D eigenvalue weighted by atomic mass is 10.1. The van der Waals surface area contributed by atoms with Crippen molar-refractivity contribution in [2.75, 3.05) is 47.7 Å². The Morgan fingerprint density at radius 1 is 0.458 bits per heavy atom. The van der Waals surface area contributed by atoms with Crippen LogP contribution in [0.4, 0.5) is 46.5 Å². The van der Waals surface area contributed by atoms with Crippen molar-refractivity contribution in [3.8, 4) is 0 Å². The molecule has 28 nitrogen and oxygen atoms in total. The van der Waals surface area contributed by atoms with E-state index in [2.05, 4.69) is 59.5 Å². The van der Waals surface area contributed by atoms with Crippen LogP contribution in [0.1, 0.15) is 11.1 Å². The van der Waals surface area contributed by atoms with Gasteiger partial charge in [0.1, 0.15) is 9.79 Å². The first-order valence-electron chi connectivity index (χ1n) is 19.1. The Hall–Kier alpha value is -5.80. The van der Waals surface area contributed by atoms with Crippen LogP contribution in [-0.2, 0) is 79.9 Å². The van der Waals surface area contributed by atoms with Crippen molar-refractivity contribution in [2.24, 2.45) is 0 Å². The minimum atomic E-state index is -4.96. The highest BCUT2D eigenvalue weighted by molar-refractivity contribution is 7.86. The SMILES string of the molecule is O=S(OCCOS(=O)(=O)O)c1ccc(Nc2nc(Cl)nc(Nc3ccc(/C=C/c4ccc(Nc5nc(Cl)nc(Nc6ccc(S(=O)OCCOS(=O)(=O)O)cc6)n5)cc4S(=O)(=O)O)c(S(=O)(=O)O)c3)n2)cc1. The van der Waals surface area contributed by atoms with E-state index in [1.54, 1.807) is 0 Å². The van der Waals surface area contributed by atoms with E-state index in [0.717, 1.165) is 24.3 Å². The van der Waals surface area contributed by atoms with Crippen LogP contribution in [0.5, 0.6) is 0 Å². The lowest BCUT2D eigenvalue weighted by Crippen LogP contribution is -2.11. The van der Waals surface area contributed by atoms with E-state index < -0.39 is 99.4 Å². The van der Waals surface area contributed by atoms with Crippen LogP contribution in [0, 0.1) is 0 Å². The van der Waals surface area contributed by atoms with Crippen LogP contribution in [0.15, 0.2) is 105 Å². The molecule has 0 spiro atoms. The summed E-state index contributed by atoms with van der Waals surface area (Å²) in [6.45, 7) is -2.00. The molecule has 2 aromatic heterocycles. The fourth-order valence-electron chi connectivity index (χ4n) is 5.50. The molecule has 0 fully saturated rings. The van der Waals surface area contributed by atoms with E-state index in [-0.39, 0.29) is 66.7 Å². The number of aromatic nitrogens is 6. The summed E-state index contributed by atoms with van der Waals surface area (Å²) in [6.07, 6.45) is 2.31. The predicted octanol–water partition coefficient (Wildman–Crippen LogP) is 4.72. The summed E-state index contributed by atoms with van der Waals surface area (Å²) in [5, 5.41) is 10.6. The fourth-order valence-corrected chi connectivity index (χ4v) is 9.22. The minimum absolute atomic E-state index is 0.0238. The van der Waals surface area contributed by atoms with Gasteiger partial charge in [0.2, 0.25) is 34.4 Å². The summed E-state index contributed by atoms with van der Waals surface area (Å²) in [6, 6.07) is 18.7. The number of benzene rings is 4. The third kappa shape index (κ3) is 17.5. The number of hydrogen-bond donors (Lipinski definition) is 8. The number of rotatable bonds is 24. The predicted molar refractivity (Wildman–Crippen MR) is 257 cm³/mol. The molecule has 0 aliphatic heterocycles. The van der Waals surface area contributed by atoms with E-state index in [4.69, 9.17) is 40.7 Å². The molecule has 0 saturated heterocycles. The molecule has 0 saturated carbocycles. The van der Waals surface area contributed by atoms with Crippen molar-refractivity contribution in [2.45, 2.75) is 19.6 Å². The Labute approximate surface area is 423 Å². The van der Waals surface area contributed by atoms with Crippen molar-refractivity contribution >= 4 is 145 Å². The van der Waals surface area contributed by atoms with Gasteiger partial charge < -0.3 is 21.3 Å². The van der Waals surface area contributed by atoms with E-state index >= 15 is 0 Å². The average molecular weight is 1160 g/mol. The molecule has 2 heterocycles. The topological polar surface area (TPSA) is 414 Å². The van der Waals surface area contributed by atoms with Crippen LogP contribution in [0.2, 0.25) is 10.6 Å². The Bertz CT molecular complexity index is 3280. The molecule has 6 rings (SSSR count). The zero-order valence-electron chi connectivity index (χ0n) is 35.5. The molecular weight excluding hydrogens is 1120 g/mol. The molecule has 4 aromatic carbocycles. The second kappa shape index (κ2) is 23.8. The van der Waals surface area contributed by atoms with Gasteiger partial charge in [-0.05, 0) is 107 Å². The number of anilines is 8. The van der Waals surface area contributed by atoms with Gasteiger partial charge in [0.15, 0.2) is 22.2 Å². The molecule has 2 atom stereocenters. The quantitative estimate of drug-likeness (QED) is 0.0231. The third-order valence-electron chi connectivity index (χ3n) is 8.37. The summed E-state index contributed by atoms with van der Waals surface area (Å²) in [4.78, 5) is 23.3. The lowest BCUT2D eigenvalue weighted by molar-refractivity contribution is 0.211. The van der Waals surface area contributed by atoms with Gasteiger partial charge in [-0.1, -0.05) is 24.3 Å². The smallest absolute Gasteiger partial charge is 0.324 e. The normalized spacial score (nSPS) is 13.1. The van der Waals surface area contributed by atoms with Crippen LogP contribution in [-0.4, -0.2) is 117 Å². The zero-order valence-corrected chi connectivity index (χ0v) is 41.9. The highest BCUT2D eigenvalue weighted by Crippen LogP contribution is 2.29. The number of halogens is 2. The second-order valence-corrected chi connectivity index (χ2v) is 21.4. The Balaban J connectivity index is 1.13. The maximum Gasteiger partial charge on any atom is 0.397 e. The Morgan fingerprint density at radius 3 is 1.07 bits per heavy atom. The molecule has 0 aliphatic rings. The van der Waals surface area contributed by atoms with Crippen LogP contribution >= 0.6 is 23.2 Å². The van der Waals surface area contributed by atoms with E-state index in [0.29, 0.717) is 11.4 Å². The van der Waals surface area contributed by atoms with E-state index in [1.165, 1.54) is 72.8 Å². The molecule has 0 amide bonds.